The molecule has 0 saturated heterocycles. The van der Waals surface area contributed by atoms with Crippen molar-refractivity contribution in [3.8, 4) is 11.3 Å². The first-order valence-electron chi connectivity index (χ1n) is 7.66. The van der Waals surface area contributed by atoms with Crippen molar-refractivity contribution in [2.75, 3.05) is 0 Å². The van der Waals surface area contributed by atoms with Crippen LogP contribution in [0.1, 0.15) is 10.6 Å². The molecular formula is C18H14N4OS2. The third-order valence-electron chi connectivity index (χ3n) is 3.62. The van der Waals surface area contributed by atoms with Crippen LogP contribution in [0.25, 0.3) is 16.2 Å². The van der Waals surface area contributed by atoms with Gasteiger partial charge >= 0.3 is 0 Å². The second-order valence-corrected chi connectivity index (χ2v) is 7.17. The molecule has 3 aromatic heterocycles. The summed E-state index contributed by atoms with van der Waals surface area (Å²) in [4.78, 5) is 18.6. The largest absolute Gasteiger partial charge is 0.294 e. The molecule has 0 atom stereocenters. The average molecular weight is 366 g/mol. The van der Waals surface area contributed by atoms with Crippen LogP contribution in [0.15, 0.2) is 64.5 Å². The van der Waals surface area contributed by atoms with Gasteiger partial charge in [0.05, 0.1) is 18.3 Å². The third-order valence-corrected chi connectivity index (χ3v) is 5.31. The van der Waals surface area contributed by atoms with Gasteiger partial charge in [-0.25, -0.2) is 10.4 Å². The van der Waals surface area contributed by atoms with Crippen LogP contribution in [-0.4, -0.2) is 21.5 Å². The van der Waals surface area contributed by atoms with E-state index in [1.54, 1.807) is 17.6 Å². The molecular weight excluding hydrogens is 352 g/mol. The molecule has 0 bridgehead atoms. The number of fused-ring (bicyclic) bond motifs is 1. The van der Waals surface area contributed by atoms with Gasteiger partial charge in [0.15, 0.2) is 4.96 Å². The van der Waals surface area contributed by atoms with Crippen LogP contribution in [0.2, 0.25) is 0 Å². The van der Waals surface area contributed by atoms with Gasteiger partial charge in [-0.05, 0) is 11.4 Å². The Labute approximate surface area is 152 Å². The second-order valence-electron chi connectivity index (χ2n) is 5.36. The molecule has 0 spiro atoms. The lowest BCUT2D eigenvalue weighted by Gasteiger charge is -1.99. The highest BCUT2D eigenvalue weighted by Gasteiger charge is 2.12. The number of aromatic nitrogens is 2. The Hall–Kier alpha value is -2.77. The van der Waals surface area contributed by atoms with Gasteiger partial charge in [-0.1, -0.05) is 36.4 Å². The van der Waals surface area contributed by atoms with Crippen LogP contribution >= 0.6 is 22.7 Å². The Morgan fingerprint density at radius 3 is 2.88 bits per heavy atom. The van der Waals surface area contributed by atoms with E-state index in [2.05, 4.69) is 15.5 Å². The van der Waals surface area contributed by atoms with Crippen LogP contribution in [-0.2, 0) is 11.2 Å². The third kappa shape index (κ3) is 3.52. The van der Waals surface area contributed by atoms with Gasteiger partial charge < -0.3 is 0 Å². The standard InChI is InChI=1S/C18H14N4OS2/c23-17(21-19-10-15-7-4-8-24-15)9-14-12-25-18-20-16(11-22(14)18)13-5-2-1-3-6-13/h1-8,10-12H,9H2,(H,21,23)/b19-10+. The molecule has 0 fully saturated rings. The van der Waals surface area contributed by atoms with Crippen molar-refractivity contribution in [2.45, 2.75) is 6.42 Å². The molecule has 0 radical (unpaired) electrons. The number of rotatable bonds is 5. The van der Waals surface area contributed by atoms with Crippen LogP contribution < -0.4 is 5.43 Å². The smallest absolute Gasteiger partial charge is 0.246 e. The first-order chi connectivity index (χ1) is 12.3. The lowest BCUT2D eigenvalue weighted by atomic mass is 10.2. The maximum atomic E-state index is 12.1. The van der Waals surface area contributed by atoms with E-state index in [1.807, 2.05) is 63.8 Å². The number of benzene rings is 1. The molecule has 0 aliphatic rings. The number of nitrogens with one attached hydrogen (secondary N) is 1. The van der Waals surface area contributed by atoms with Gasteiger partial charge in [0.2, 0.25) is 5.91 Å². The maximum absolute atomic E-state index is 12.1. The number of thiophene rings is 1. The monoisotopic (exact) mass is 366 g/mol. The molecule has 3 heterocycles. The van der Waals surface area contributed by atoms with Crippen molar-refractivity contribution in [1.82, 2.24) is 14.8 Å². The quantitative estimate of drug-likeness (QED) is 0.431. The molecule has 5 nitrogen and oxygen atoms in total. The van der Waals surface area contributed by atoms with Crippen LogP contribution in [0.5, 0.6) is 0 Å². The fraction of sp³-hybridized carbons (Fsp3) is 0.0556. The second kappa shape index (κ2) is 7.00. The Balaban J connectivity index is 1.48. The van der Waals surface area contributed by atoms with Crippen LogP contribution in [0.4, 0.5) is 0 Å². The fourth-order valence-corrected chi connectivity index (χ4v) is 3.90. The number of hydrazone groups is 1. The molecule has 1 N–H and O–H groups in total. The van der Waals surface area contributed by atoms with Crippen molar-refractivity contribution in [3.63, 3.8) is 0 Å². The van der Waals surface area contributed by atoms with Crippen molar-refractivity contribution in [3.05, 3.63) is 70.0 Å². The SMILES string of the molecule is O=C(Cc1csc2nc(-c3ccccc3)cn12)N/N=C/c1cccs1. The van der Waals surface area contributed by atoms with Crippen LogP contribution in [0.3, 0.4) is 0 Å². The van der Waals surface area contributed by atoms with Gasteiger partial charge in [-0.3, -0.25) is 9.20 Å². The van der Waals surface area contributed by atoms with Gasteiger partial charge in [-0.15, -0.1) is 22.7 Å². The topological polar surface area (TPSA) is 58.8 Å². The number of carbonyl (C=O) groups is 1. The van der Waals surface area contributed by atoms with Crippen LogP contribution in [0, 0.1) is 0 Å². The number of nitrogens with zero attached hydrogens (tertiary/aromatic N) is 3. The molecule has 7 heteroatoms. The van der Waals surface area contributed by atoms with Gasteiger partial charge in [-0.2, -0.15) is 5.10 Å². The molecule has 0 saturated carbocycles. The van der Waals surface area contributed by atoms with Crippen molar-refractivity contribution in [2.24, 2.45) is 5.10 Å². The van der Waals surface area contributed by atoms with E-state index < -0.39 is 0 Å². The highest BCUT2D eigenvalue weighted by Crippen LogP contribution is 2.23. The molecule has 0 unspecified atom stereocenters. The van der Waals surface area contributed by atoms with Crippen molar-refractivity contribution < 1.29 is 4.79 Å². The number of imidazole rings is 1. The predicted molar refractivity (Wildman–Crippen MR) is 102 cm³/mol. The molecule has 25 heavy (non-hydrogen) atoms. The van der Waals surface area contributed by atoms with E-state index in [1.165, 1.54) is 11.3 Å². The first-order valence-corrected chi connectivity index (χ1v) is 9.42. The van der Waals surface area contributed by atoms with Gasteiger partial charge in [0.25, 0.3) is 0 Å². The average Bonchev–Trinajstić information content (AvgIpc) is 3.34. The summed E-state index contributed by atoms with van der Waals surface area (Å²) in [5, 5.41) is 7.92. The molecule has 0 aliphatic heterocycles. The molecule has 4 rings (SSSR count). The maximum Gasteiger partial charge on any atom is 0.246 e. The molecule has 4 aromatic rings. The Bertz CT molecular complexity index is 1020. The lowest BCUT2D eigenvalue weighted by molar-refractivity contribution is -0.120. The number of hydrogen-bond donors (Lipinski definition) is 1. The number of thiazole rings is 1. The summed E-state index contributed by atoms with van der Waals surface area (Å²) in [5.41, 5.74) is 5.44. The predicted octanol–water partition coefficient (Wildman–Crippen LogP) is 3.82. The zero-order chi connectivity index (χ0) is 17.1. The number of hydrogen-bond acceptors (Lipinski definition) is 5. The summed E-state index contributed by atoms with van der Waals surface area (Å²) in [6, 6.07) is 13.9. The molecule has 1 amide bonds. The minimum atomic E-state index is -0.150. The summed E-state index contributed by atoms with van der Waals surface area (Å²) >= 11 is 3.10. The zero-order valence-corrected chi connectivity index (χ0v) is 14.8. The van der Waals surface area contributed by atoms with Crippen molar-refractivity contribution >= 4 is 39.8 Å². The minimum absolute atomic E-state index is 0.150. The van der Waals surface area contributed by atoms with Gasteiger partial charge in [0, 0.05) is 27.7 Å². The molecule has 1 aromatic carbocycles. The van der Waals surface area contributed by atoms with Crippen molar-refractivity contribution in [1.29, 1.82) is 0 Å². The summed E-state index contributed by atoms with van der Waals surface area (Å²) in [6.45, 7) is 0. The normalized spacial score (nSPS) is 11.4. The number of carbonyl (C=O) groups excluding carboxylic acids is 1. The highest BCUT2D eigenvalue weighted by molar-refractivity contribution is 7.15. The lowest BCUT2D eigenvalue weighted by Crippen LogP contribution is -2.20. The van der Waals surface area contributed by atoms with E-state index in [0.717, 1.165) is 26.8 Å². The van der Waals surface area contributed by atoms with E-state index in [9.17, 15) is 4.79 Å². The Morgan fingerprint density at radius 2 is 2.08 bits per heavy atom. The first kappa shape index (κ1) is 15.7. The number of amides is 1. The summed E-state index contributed by atoms with van der Waals surface area (Å²) < 4.78 is 1.97. The van der Waals surface area contributed by atoms with E-state index in [-0.39, 0.29) is 12.3 Å². The molecule has 124 valence electrons. The fourth-order valence-electron chi connectivity index (χ4n) is 2.44. The van der Waals surface area contributed by atoms with E-state index >= 15 is 0 Å². The summed E-state index contributed by atoms with van der Waals surface area (Å²) in [6.07, 6.45) is 3.88. The highest BCUT2D eigenvalue weighted by atomic mass is 32.1. The van der Waals surface area contributed by atoms with E-state index in [4.69, 9.17) is 0 Å². The van der Waals surface area contributed by atoms with Gasteiger partial charge in [0.1, 0.15) is 0 Å². The Kier molecular flexibility index (Phi) is 4.41. The summed E-state index contributed by atoms with van der Waals surface area (Å²) in [7, 11) is 0. The van der Waals surface area contributed by atoms with E-state index in [0.29, 0.717) is 0 Å². The Morgan fingerprint density at radius 1 is 1.20 bits per heavy atom. The summed E-state index contributed by atoms with van der Waals surface area (Å²) in [5.74, 6) is -0.150. The zero-order valence-electron chi connectivity index (χ0n) is 13.1. The molecule has 0 aliphatic carbocycles. The minimum Gasteiger partial charge on any atom is -0.294 e.